The van der Waals surface area contributed by atoms with Crippen LogP contribution in [0, 0.1) is 5.41 Å². The number of isothiocyanates is 1. The summed E-state index contributed by atoms with van der Waals surface area (Å²) < 4.78 is 5.86. The SMILES string of the molecule is Cl.NCC1(COc2cnc(Cl)c(-c3ccc(N=C=S)cc3)c2)CC1. The van der Waals surface area contributed by atoms with Gasteiger partial charge >= 0.3 is 0 Å². The summed E-state index contributed by atoms with van der Waals surface area (Å²) in [5.74, 6) is 0.699. The summed E-state index contributed by atoms with van der Waals surface area (Å²) in [6, 6.07) is 9.44. The number of aromatic nitrogens is 1. The molecule has 1 aromatic heterocycles. The molecule has 0 spiro atoms. The first-order chi connectivity index (χ1) is 11.2. The van der Waals surface area contributed by atoms with E-state index in [2.05, 4.69) is 27.4 Å². The van der Waals surface area contributed by atoms with Crippen molar-refractivity contribution in [3.05, 3.63) is 41.7 Å². The monoisotopic (exact) mass is 381 g/mol. The van der Waals surface area contributed by atoms with Gasteiger partial charge in [0.05, 0.1) is 23.7 Å². The molecule has 0 atom stereocenters. The van der Waals surface area contributed by atoms with E-state index < -0.39 is 0 Å². The highest BCUT2D eigenvalue weighted by Gasteiger charge is 2.42. The molecule has 24 heavy (non-hydrogen) atoms. The third-order valence-electron chi connectivity index (χ3n) is 4.10. The highest BCUT2D eigenvalue weighted by atomic mass is 35.5. The van der Waals surface area contributed by atoms with Crippen molar-refractivity contribution in [1.29, 1.82) is 0 Å². The molecule has 0 amide bonds. The fraction of sp³-hybridized carbons (Fsp3) is 0.294. The number of nitrogens with zero attached hydrogens (tertiary/aromatic N) is 2. The summed E-state index contributed by atoms with van der Waals surface area (Å²) in [5, 5.41) is 2.78. The minimum absolute atomic E-state index is 0. The number of ether oxygens (including phenoxy) is 1. The second-order valence-electron chi connectivity index (χ2n) is 5.75. The zero-order valence-corrected chi connectivity index (χ0v) is 15.3. The van der Waals surface area contributed by atoms with Crippen LogP contribution in [-0.4, -0.2) is 23.3 Å². The Morgan fingerprint density at radius 1 is 1.33 bits per heavy atom. The Morgan fingerprint density at radius 3 is 2.62 bits per heavy atom. The Morgan fingerprint density at radius 2 is 2.04 bits per heavy atom. The van der Waals surface area contributed by atoms with Crippen LogP contribution < -0.4 is 10.5 Å². The van der Waals surface area contributed by atoms with E-state index in [9.17, 15) is 0 Å². The maximum Gasteiger partial charge on any atom is 0.138 e. The van der Waals surface area contributed by atoms with Crippen LogP contribution in [-0.2, 0) is 0 Å². The fourth-order valence-corrected chi connectivity index (χ4v) is 2.62. The molecule has 1 aliphatic carbocycles. The third-order valence-corrected chi connectivity index (χ3v) is 4.49. The molecule has 1 heterocycles. The summed E-state index contributed by atoms with van der Waals surface area (Å²) in [5.41, 5.74) is 8.44. The molecule has 2 aromatic rings. The second kappa shape index (κ2) is 8.06. The van der Waals surface area contributed by atoms with Crippen molar-refractivity contribution in [2.45, 2.75) is 12.8 Å². The number of pyridine rings is 1. The van der Waals surface area contributed by atoms with Crippen molar-refractivity contribution in [1.82, 2.24) is 4.98 Å². The molecule has 2 N–H and O–H groups in total. The number of hydrogen-bond donors (Lipinski definition) is 1. The first kappa shape index (κ1) is 18.8. The number of thiocarbonyl (C=S) groups is 1. The van der Waals surface area contributed by atoms with E-state index in [-0.39, 0.29) is 17.8 Å². The summed E-state index contributed by atoms with van der Waals surface area (Å²) in [7, 11) is 0. The molecule has 0 saturated heterocycles. The standard InChI is InChI=1S/C17H16ClN3OS.ClH/c18-16-15(12-1-3-13(4-2-12)21-11-23)7-14(8-20-16)22-10-17(9-19)5-6-17;/h1-4,7-8H,5-6,9-10,19H2;1H. The van der Waals surface area contributed by atoms with Crippen LogP contribution in [0.25, 0.3) is 11.1 Å². The van der Waals surface area contributed by atoms with Gasteiger partial charge in [-0.05, 0) is 48.8 Å². The van der Waals surface area contributed by atoms with Gasteiger partial charge in [0, 0.05) is 17.5 Å². The van der Waals surface area contributed by atoms with Crippen LogP contribution in [0.4, 0.5) is 5.69 Å². The Kier molecular flexibility index (Phi) is 6.33. The predicted molar refractivity (Wildman–Crippen MR) is 103 cm³/mol. The molecule has 1 saturated carbocycles. The Balaban J connectivity index is 0.00000208. The zero-order chi connectivity index (χ0) is 16.3. The molecule has 0 aliphatic heterocycles. The van der Waals surface area contributed by atoms with Gasteiger partial charge in [-0.15, -0.1) is 12.4 Å². The summed E-state index contributed by atoms with van der Waals surface area (Å²) in [4.78, 5) is 8.15. The van der Waals surface area contributed by atoms with Crippen LogP contribution in [0.5, 0.6) is 5.75 Å². The number of benzene rings is 1. The average molecular weight is 382 g/mol. The topological polar surface area (TPSA) is 60.5 Å². The Hall–Kier alpha value is -1.49. The van der Waals surface area contributed by atoms with Gasteiger partial charge in [0.15, 0.2) is 0 Å². The predicted octanol–water partition coefficient (Wildman–Crippen LogP) is 4.68. The molecule has 1 aliphatic rings. The Labute approximate surface area is 157 Å². The van der Waals surface area contributed by atoms with Gasteiger partial charge in [-0.1, -0.05) is 23.7 Å². The first-order valence-electron chi connectivity index (χ1n) is 7.32. The van der Waals surface area contributed by atoms with Crippen molar-refractivity contribution in [3.63, 3.8) is 0 Å². The molecule has 0 bridgehead atoms. The smallest absolute Gasteiger partial charge is 0.138 e. The van der Waals surface area contributed by atoms with Crippen LogP contribution in [0.15, 0.2) is 41.5 Å². The van der Waals surface area contributed by atoms with E-state index in [0.29, 0.717) is 24.1 Å². The minimum atomic E-state index is 0. The highest BCUT2D eigenvalue weighted by Crippen LogP contribution is 2.44. The molecule has 3 rings (SSSR count). The molecule has 126 valence electrons. The maximum absolute atomic E-state index is 6.22. The molecule has 4 nitrogen and oxygen atoms in total. The Bertz CT molecular complexity index is 757. The largest absolute Gasteiger partial charge is 0.491 e. The molecule has 1 fully saturated rings. The van der Waals surface area contributed by atoms with Crippen LogP contribution in [0.2, 0.25) is 5.15 Å². The first-order valence-corrected chi connectivity index (χ1v) is 8.11. The van der Waals surface area contributed by atoms with Gasteiger partial charge in [-0.25, -0.2) is 4.98 Å². The molecule has 0 radical (unpaired) electrons. The lowest BCUT2D eigenvalue weighted by atomic mass is 10.1. The molecular formula is C17H17Cl2N3OS. The van der Waals surface area contributed by atoms with Crippen LogP contribution in [0.1, 0.15) is 12.8 Å². The van der Waals surface area contributed by atoms with Crippen LogP contribution >= 0.6 is 36.2 Å². The zero-order valence-electron chi connectivity index (χ0n) is 12.9. The number of hydrogen-bond acceptors (Lipinski definition) is 5. The van der Waals surface area contributed by atoms with E-state index in [0.717, 1.165) is 29.7 Å². The van der Waals surface area contributed by atoms with Crippen molar-refractivity contribution in [3.8, 4) is 16.9 Å². The normalized spacial score (nSPS) is 14.2. The lowest BCUT2D eigenvalue weighted by Gasteiger charge is -2.14. The van der Waals surface area contributed by atoms with E-state index in [1.807, 2.05) is 30.3 Å². The summed E-state index contributed by atoms with van der Waals surface area (Å²) in [6.07, 6.45) is 3.89. The number of halogens is 2. The third kappa shape index (κ3) is 4.32. The number of rotatable bonds is 6. The molecular weight excluding hydrogens is 365 g/mol. The van der Waals surface area contributed by atoms with Crippen molar-refractivity contribution in [2.75, 3.05) is 13.2 Å². The van der Waals surface area contributed by atoms with Crippen molar-refractivity contribution < 1.29 is 4.74 Å². The second-order valence-corrected chi connectivity index (χ2v) is 6.29. The fourth-order valence-electron chi connectivity index (χ4n) is 2.30. The van der Waals surface area contributed by atoms with Gasteiger partial charge in [0.2, 0.25) is 0 Å². The lowest BCUT2D eigenvalue weighted by molar-refractivity contribution is 0.238. The minimum Gasteiger partial charge on any atom is -0.491 e. The summed E-state index contributed by atoms with van der Waals surface area (Å²) in [6.45, 7) is 1.28. The molecule has 7 heteroatoms. The van der Waals surface area contributed by atoms with E-state index >= 15 is 0 Å². The molecule has 0 unspecified atom stereocenters. The van der Waals surface area contributed by atoms with Crippen molar-refractivity contribution >= 4 is 47.1 Å². The van der Waals surface area contributed by atoms with Crippen LogP contribution in [0.3, 0.4) is 0 Å². The van der Waals surface area contributed by atoms with Gasteiger partial charge in [-0.3, -0.25) is 0 Å². The van der Waals surface area contributed by atoms with Crippen molar-refractivity contribution in [2.24, 2.45) is 16.1 Å². The quantitative estimate of drug-likeness (QED) is 0.448. The van der Waals surface area contributed by atoms with E-state index in [1.165, 1.54) is 0 Å². The van der Waals surface area contributed by atoms with Gasteiger partial charge in [-0.2, -0.15) is 4.99 Å². The maximum atomic E-state index is 6.22. The number of aliphatic imine (C=N–C) groups is 1. The van der Waals surface area contributed by atoms with Gasteiger partial charge in [0.1, 0.15) is 10.9 Å². The van der Waals surface area contributed by atoms with E-state index in [4.69, 9.17) is 22.1 Å². The molecule has 1 aromatic carbocycles. The average Bonchev–Trinajstić information content (AvgIpc) is 3.36. The lowest BCUT2D eigenvalue weighted by Crippen LogP contribution is -2.22. The van der Waals surface area contributed by atoms with E-state index in [1.54, 1.807) is 6.20 Å². The van der Waals surface area contributed by atoms with Gasteiger partial charge in [0.25, 0.3) is 0 Å². The number of nitrogens with two attached hydrogens (primary N) is 1. The highest BCUT2D eigenvalue weighted by molar-refractivity contribution is 7.78. The summed E-state index contributed by atoms with van der Waals surface area (Å²) >= 11 is 10.8. The van der Waals surface area contributed by atoms with Gasteiger partial charge < -0.3 is 10.5 Å².